The molecule has 0 saturated heterocycles. The molecule has 3 rings (SSSR count). The number of carbonyl (C=O) groups is 1. The maximum absolute atomic E-state index is 12.1. The van der Waals surface area contributed by atoms with Crippen LogP contribution in [0.4, 0.5) is 0 Å². The number of carbonyl (C=O) groups excluding carboxylic acids is 1. The number of hydrogen-bond donors (Lipinski definition) is 1. The molecule has 0 spiro atoms. The van der Waals surface area contributed by atoms with E-state index in [4.69, 9.17) is 9.84 Å². The van der Waals surface area contributed by atoms with Crippen LogP contribution in [-0.2, 0) is 26.9 Å². The molecule has 0 fully saturated rings. The SMILES string of the molecule is CC(C)(C)C(=O)OCCn1nc(-c2cc(C(C)(C)C)c(O)c(C(C)(C)C)c2)c2cccnc21. The summed E-state index contributed by atoms with van der Waals surface area (Å²) in [5.41, 5.74) is 3.22. The van der Waals surface area contributed by atoms with E-state index in [0.717, 1.165) is 33.4 Å². The number of pyridine rings is 1. The highest BCUT2D eigenvalue weighted by Gasteiger charge is 2.28. The van der Waals surface area contributed by atoms with Crippen molar-refractivity contribution >= 4 is 17.0 Å². The van der Waals surface area contributed by atoms with Crippen LogP contribution < -0.4 is 0 Å². The molecule has 3 aromatic rings. The second kappa shape index (κ2) is 8.47. The Hall–Kier alpha value is -2.89. The average Bonchev–Trinajstić information content (AvgIpc) is 3.04. The lowest BCUT2D eigenvalue weighted by Crippen LogP contribution is -2.24. The molecule has 0 bridgehead atoms. The minimum Gasteiger partial charge on any atom is -0.507 e. The molecule has 33 heavy (non-hydrogen) atoms. The fraction of sp³-hybridized carbons (Fsp3) is 0.519. The lowest BCUT2D eigenvalue weighted by atomic mass is 9.78. The number of aromatic hydroxyl groups is 1. The van der Waals surface area contributed by atoms with Gasteiger partial charge >= 0.3 is 5.97 Å². The van der Waals surface area contributed by atoms with Crippen molar-refractivity contribution in [2.45, 2.75) is 79.7 Å². The van der Waals surface area contributed by atoms with Crippen molar-refractivity contribution in [1.82, 2.24) is 14.8 Å². The third-order valence-corrected chi connectivity index (χ3v) is 5.66. The van der Waals surface area contributed by atoms with Gasteiger partial charge in [-0.25, -0.2) is 9.67 Å². The molecule has 0 aliphatic rings. The van der Waals surface area contributed by atoms with Crippen LogP contribution in [0.5, 0.6) is 5.75 Å². The van der Waals surface area contributed by atoms with Crippen LogP contribution in [0.1, 0.15) is 73.4 Å². The minimum absolute atomic E-state index is 0.221. The van der Waals surface area contributed by atoms with Gasteiger partial charge in [0.15, 0.2) is 5.65 Å². The number of benzene rings is 1. The van der Waals surface area contributed by atoms with Gasteiger partial charge in [0.1, 0.15) is 18.1 Å². The largest absolute Gasteiger partial charge is 0.507 e. The Balaban J connectivity index is 2.10. The van der Waals surface area contributed by atoms with E-state index in [1.165, 1.54) is 0 Å². The van der Waals surface area contributed by atoms with Crippen LogP contribution in [-0.4, -0.2) is 32.4 Å². The van der Waals surface area contributed by atoms with Crippen molar-refractivity contribution in [3.8, 4) is 17.0 Å². The van der Waals surface area contributed by atoms with E-state index in [9.17, 15) is 9.90 Å². The number of phenols is 1. The highest BCUT2D eigenvalue weighted by atomic mass is 16.5. The molecule has 2 aromatic heterocycles. The van der Waals surface area contributed by atoms with Gasteiger partial charge in [-0.05, 0) is 55.9 Å². The zero-order chi connectivity index (χ0) is 24.8. The van der Waals surface area contributed by atoms with Gasteiger partial charge < -0.3 is 9.84 Å². The van der Waals surface area contributed by atoms with Crippen molar-refractivity contribution in [3.63, 3.8) is 0 Å². The standard InChI is InChI=1S/C27H37N3O3/c1-25(2,3)19-15-17(16-20(22(19)31)26(4,5)6)21-18-11-10-12-28-23(18)30(29-21)13-14-33-24(32)27(7,8)9/h10-12,15-16,31H,13-14H2,1-9H3. The van der Waals surface area contributed by atoms with Crippen molar-refractivity contribution in [1.29, 1.82) is 0 Å². The highest BCUT2D eigenvalue weighted by Crippen LogP contribution is 2.42. The van der Waals surface area contributed by atoms with Gasteiger partial charge in [-0.3, -0.25) is 4.79 Å². The number of ether oxygens (including phenoxy) is 1. The number of fused-ring (bicyclic) bond motifs is 1. The number of hydrogen-bond acceptors (Lipinski definition) is 5. The van der Waals surface area contributed by atoms with E-state index in [2.05, 4.69) is 46.5 Å². The van der Waals surface area contributed by atoms with Gasteiger partial charge in [-0.15, -0.1) is 0 Å². The Bertz CT molecular complexity index is 1140. The molecule has 1 N–H and O–H groups in total. The third kappa shape index (κ3) is 5.21. The van der Waals surface area contributed by atoms with E-state index in [0.29, 0.717) is 12.3 Å². The Morgan fingerprint density at radius 1 is 1.00 bits per heavy atom. The first kappa shape index (κ1) is 24.7. The summed E-state index contributed by atoms with van der Waals surface area (Å²) in [5, 5.41) is 16.9. The maximum Gasteiger partial charge on any atom is 0.311 e. The average molecular weight is 452 g/mol. The summed E-state index contributed by atoms with van der Waals surface area (Å²) < 4.78 is 7.25. The normalized spacial score (nSPS) is 12.9. The van der Waals surface area contributed by atoms with Gasteiger partial charge in [-0.2, -0.15) is 5.10 Å². The van der Waals surface area contributed by atoms with Gasteiger partial charge in [0.25, 0.3) is 0 Å². The summed E-state index contributed by atoms with van der Waals surface area (Å²) in [4.78, 5) is 16.7. The minimum atomic E-state index is -0.547. The fourth-order valence-electron chi connectivity index (χ4n) is 3.73. The van der Waals surface area contributed by atoms with Crippen molar-refractivity contribution < 1.29 is 14.6 Å². The van der Waals surface area contributed by atoms with E-state index >= 15 is 0 Å². The highest BCUT2D eigenvalue weighted by molar-refractivity contribution is 5.91. The van der Waals surface area contributed by atoms with Crippen molar-refractivity contribution in [3.05, 3.63) is 41.6 Å². The predicted octanol–water partition coefficient (Wildman–Crippen LogP) is 5.99. The molecule has 0 aliphatic heterocycles. The monoisotopic (exact) mass is 451 g/mol. The first-order chi connectivity index (χ1) is 15.1. The zero-order valence-corrected chi connectivity index (χ0v) is 21.4. The van der Waals surface area contributed by atoms with Gasteiger partial charge in [-0.1, -0.05) is 41.5 Å². The Kier molecular flexibility index (Phi) is 6.35. The van der Waals surface area contributed by atoms with Crippen LogP contribution >= 0.6 is 0 Å². The first-order valence-electron chi connectivity index (χ1n) is 11.5. The summed E-state index contributed by atoms with van der Waals surface area (Å²) in [6.45, 7) is 18.7. The predicted molar refractivity (Wildman–Crippen MR) is 132 cm³/mol. The van der Waals surface area contributed by atoms with Gasteiger partial charge in [0.05, 0.1) is 12.0 Å². The molecule has 0 atom stereocenters. The summed E-state index contributed by atoms with van der Waals surface area (Å²) in [6.07, 6.45) is 1.74. The molecule has 0 aliphatic carbocycles. The molecule has 1 aromatic carbocycles. The van der Waals surface area contributed by atoms with Crippen LogP contribution in [0, 0.1) is 5.41 Å². The molecule has 0 unspecified atom stereocenters. The second-order valence-corrected chi connectivity index (χ2v) is 11.8. The number of phenolic OH excluding ortho intramolecular Hbond substituents is 1. The lowest BCUT2D eigenvalue weighted by molar-refractivity contribution is -0.153. The summed E-state index contributed by atoms with van der Waals surface area (Å²) in [5.74, 6) is 0.102. The molecular formula is C27H37N3O3. The van der Waals surface area contributed by atoms with Crippen molar-refractivity contribution in [2.24, 2.45) is 5.41 Å². The Morgan fingerprint density at radius 3 is 2.09 bits per heavy atom. The van der Waals surface area contributed by atoms with Crippen molar-refractivity contribution in [2.75, 3.05) is 6.61 Å². The smallest absolute Gasteiger partial charge is 0.311 e. The molecule has 0 amide bonds. The molecule has 178 valence electrons. The van der Waals surface area contributed by atoms with Crippen LogP contribution in [0.25, 0.3) is 22.3 Å². The molecule has 0 saturated carbocycles. The molecular weight excluding hydrogens is 414 g/mol. The quantitative estimate of drug-likeness (QED) is 0.493. The second-order valence-electron chi connectivity index (χ2n) is 11.8. The number of esters is 1. The summed E-state index contributed by atoms with van der Waals surface area (Å²) in [7, 11) is 0. The van der Waals surface area contributed by atoms with Crippen LogP contribution in [0.15, 0.2) is 30.5 Å². The Labute approximate surface area is 197 Å². The first-order valence-corrected chi connectivity index (χ1v) is 11.5. The summed E-state index contributed by atoms with van der Waals surface area (Å²) >= 11 is 0. The van der Waals surface area contributed by atoms with Crippen LogP contribution in [0.2, 0.25) is 0 Å². The number of aromatic nitrogens is 3. The van der Waals surface area contributed by atoms with E-state index in [1.54, 1.807) is 10.9 Å². The maximum atomic E-state index is 12.1. The number of rotatable bonds is 4. The Morgan fingerprint density at radius 2 is 1.58 bits per heavy atom. The lowest BCUT2D eigenvalue weighted by Gasteiger charge is -2.28. The fourth-order valence-corrected chi connectivity index (χ4v) is 3.73. The van der Waals surface area contributed by atoms with Gasteiger partial charge in [0.2, 0.25) is 0 Å². The molecule has 6 nitrogen and oxygen atoms in total. The van der Waals surface area contributed by atoms with Crippen LogP contribution in [0.3, 0.4) is 0 Å². The molecule has 6 heteroatoms. The molecule has 0 radical (unpaired) electrons. The zero-order valence-electron chi connectivity index (χ0n) is 21.4. The number of nitrogens with zero attached hydrogens (tertiary/aromatic N) is 3. The third-order valence-electron chi connectivity index (χ3n) is 5.66. The summed E-state index contributed by atoms with van der Waals surface area (Å²) in [6, 6.07) is 7.96. The van der Waals surface area contributed by atoms with Gasteiger partial charge in [0, 0.05) is 28.3 Å². The van der Waals surface area contributed by atoms with E-state index in [-0.39, 0.29) is 23.4 Å². The topological polar surface area (TPSA) is 77.2 Å². The molecule has 2 heterocycles. The van der Waals surface area contributed by atoms with E-state index in [1.807, 2.05) is 45.0 Å². The van der Waals surface area contributed by atoms with E-state index < -0.39 is 5.41 Å².